The number of benzene rings is 3. The van der Waals surface area contributed by atoms with E-state index in [-0.39, 0.29) is 63.2 Å². The quantitative estimate of drug-likeness (QED) is 0.0629. The molecule has 356 valence electrons. The predicted octanol–water partition coefficient (Wildman–Crippen LogP) is 2.42. The van der Waals surface area contributed by atoms with Gasteiger partial charge in [-0.1, -0.05) is 45.0 Å². The molecule has 5 rings (SSSR count). The fourth-order valence-corrected chi connectivity index (χ4v) is 7.94. The molecule has 3 aromatic carbocycles. The maximum absolute atomic E-state index is 14.8. The van der Waals surface area contributed by atoms with E-state index in [9.17, 15) is 29.2 Å². The lowest BCUT2D eigenvalue weighted by atomic mass is 9.86. The number of aromatic nitrogens is 1. The summed E-state index contributed by atoms with van der Waals surface area (Å²) in [5, 5.41) is 20.0. The monoisotopic (exact) mass is 917 g/mol. The van der Waals surface area contributed by atoms with E-state index >= 15 is 0 Å². The first-order chi connectivity index (χ1) is 31.8. The van der Waals surface area contributed by atoms with Crippen molar-refractivity contribution in [1.29, 1.82) is 5.26 Å². The van der Waals surface area contributed by atoms with E-state index in [1.165, 1.54) is 18.9 Å². The number of nitrogens with two attached hydrogens (primary N) is 4. The van der Waals surface area contributed by atoms with Crippen molar-refractivity contribution in [2.75, 3.05) is 52.2 Å². The lowest BCUT2D eigenvalue weighted by Gasteiger charge is -2.32. The van der Waals surface area contributed by atoms with E-state index < -0.39 is 53.7 Å². The molecule has 4 atom stereocenters. The van der Waals surface area contributed by atoms with Gasteiger partial charge in [-0.3, -0.25) is 29.0 Å². The van der Waals surface area contributed by atoms with Gasteiger partial charge in [0, 0.05) is 48.9 Å². The molecule has 0 unspecified atom stereocenters. The highest BCUT2D eigenvalue weighted by Crippen LogP contribution is 2.40. The summed E-state index contributed by atoms with van der Waals surface area (Å²) in [4.78, 5) is 76.6. The molecule has 0 aliphatic carbocycles. The van der Waals surface area contributed by atoms with E-state index in [4.69, 9.17) is 37.4 Å². The number of carbonyl (C=O) groups excluding carboxylic acids is 5. The summed E-state index contributed by atoms with van der Waals surface area (Å²) in [6.07, 6.45) is 0.00328. The smallest absolute Gasteiger partial charge is 0.254 e. The standard InChI is InChI=1S/C49H63N11O7/c1-27-22-38(33-11-10-32(26-36(33)54)49(4,5)6)56-28(2)42(27)46(63)58-37(14-15-50)48(65)60(7)43-31-9-13-41(67-21-18-53)35(25-31)34-23-30(8-12-40(34)66-20-17-52)24-39(45(62)55-19-16-51)59-44(61)29(3)57-47(43)64/h8-13,22-23,25-26,29,37,39,43H,14-15,17-21,24,50,52-54H2,1-7H3,(H,55,62)(H,57,64)(H,58,63)(H,59,61)/t29-,37-,39-,43-/m0/s1. The fourth-order valence-electron chi connectivity index (χ4n) is 7.94. The predicted molar refractivity (Wildman–Crippen MR) is 256 cm³/mol. The second-order valence-electron chi connectivity index (χ2n) is 17.5. The summed E-state index contributed by atoms with van der Waals surface area (Å²) >= 11 is 0. The Labute approximate surface area is 391 Å². The van der Waals surface area contributed by atoms with E-state index in [1.807, 2.05) is 24.3 Å². The zero-order chi connectivity index (χ0) is 49.2. The van der Waals surface area contributed by atoms with Crippen molar-refractivity contribution in [1.82, 2.24) is 31.2 Å². The van der Waals surface area contributed by atoms with Crippen LogP contribution in [0.15, 0.2) is 60.7 Å². The van der Waals surface area contributed by atoms with Crippen molar-refractivity contribution < 1.29 is 33.4 Å². The van der Waals surface area contributed by atoms with Crippen LogP contribution >= 0.6 is 0 Å². The zero-order valence-electron chi connectivity index (χ0n) is 39.2. The Bertz CT molecular complexity index is 2510. The highest BCUT2D eigenvalue weighted by Gasteiger charge is 2.36. The van der Waals surface area contributed by atoms with Crippen LogP contribution in [-0.4, -0.2) is 104 Å². The first-order valence-electron chi connectivity index (χ1n) is 22.2. The summed E-state index contributed by atoms with van der Waals surface area (Å²) in [6.45, 7) is 11.6. The third-order valence-corrected chi connectivity index (χ3v) is 11.4. The average molecular weight is 918 g/mol. The molecule has 2 heterocycles. The fraction of sp³-hybridized carbons (Fsp3) is 0.408. The summed E-state index contributed by atoms with van der Waals surface area (Å²) in [5.74, 6) is -2.54. The summed E-state index contributed by atoms with van der Waals surface area (Å²) in [7, 11) is 1.42. The molecule has 0 saturated heterocycles. The molecular formula is C49H63N11O7. The Hall–Kier alpha value is -7.07. The number of pyridine rings is 1. The number of hydrogen-bond donors (Lipinski definition) is 8. The van der Waals surface area contributed by atoms with Gasteiger partial charge >= 0.3 is 0 Å². The van der Waals surface area contributed by atoms with Crippen LogP contribution in [0.25, 0.3) is 22.4 Å². The van der Waals surface area contributed by atoms with Crippen LogP contribution in [0.4, 0.5) is 5.69 Å². The number of aryl methyl sites for hydroxylation is 2. The Morgan fingerprint density at radius 1 is 0.896 bits per heavy atom. The van der Waals surface area contributed by atoms with Crippen LogP contribution in [0.2, 0.25) is 0 Å². The third kappa shape index (κ3) is 12.2. The molecule has 4 bridgehead atoms. The van der Waals surface area contributed by atoms with Crippen LogP contribution in [0, 0.1) is 25.2 Å². The lowest BCUT2D eigenvalue weighted by molar-refractivity contribution is -0.141. The summed E-state index contributed by atoms with van der Waals surface area (Å²) in [6, 6.07) is 14.7. The molecule has 1 aliphatic rings. The Morgan fingerprint density at radius 3 is 2.15 bits per heavy atom. The van der Waals surface area contributed by atoms with E-state index in [0.29, 0.717) is 62.0 Å². The number of likely N-dealkylation sites (N-methyl/N-ethyl adjacent to an activating group) is 1. The van der Waals surface area contributed by atoms with Gasteiger partial charge in [0.15, 0.2) is 0 Å². The number of anilines is 1. The van der Waals surface area contributed by atoms with Crippen molar-refractivity contribution >= 4 is 35.2 Å². The summed E-state index contributed by atoms with van der Waals surface area (Å²) in [5.41, 5.74) is 30.2. The van der Waals surface area contributed by atoms with Gasteiger partial charge in [-0.25, -0.2) is 0 Å². The molecule has 18 nitrogen and oxygen atoms in total. The minimum atomic E-state index is -1.41. The minimum absolute atomic E-state index is 0.0000281. The van der Waals surface area contributed by atoms with Crippen LogP contribution in [0.5, 0.6) is 11.5 Å². The first-order valence-corrected chi connectivity index (χ1v) is 22.2. The van der Waals surface area contributed by atoms with Gasteiger partial charge in [0.25, 0.3) is 5.91 Å². The zero-order valence-corrected chi connectivity index (χ0v) is 39.2. The molecule has 0 saturated carbocycles. The number of ether oxygens (including phenoxy) is 2. The normalized spacial score (nSPS) is 16.6. The van der Waals surface area contributed by atoms with Gasteiger partial charge in [0.1, 0.15) is 55.4 Å². The molecule has 1 aromatic heterocycles. The molecule has 0 radical (unpaired) electrons. The molecule has 12 N–H and O–H groups in total. The number of amides is 5. The average Bonchev–Trinajstić information content (AvgIpc) is 3.28. The van der Waals surface area contributed by atoms with Crippen LogP contribution < -0.4 is 53.7 Å². The van der Waals surface area contributed by atoms with Crippen molar-refractivity contribution in [2.45, 2.75) is 84.0 Å². The largest absolute Gasteiger partial charge is 0.492 e. The molecule has 5 amide bonds. The van der Waals surface area contributed by atoms with E-state index in [0.717, 1.165) is 5.56 Å². The Morgan fingerprint density at radius 2 is 1.55 bits per heavy atom. The number of nitrogen functional groups attached to an aromatic ring is 1. The molecule has 67 heavy (non-hydrogen) atoms. The van der Waals surface area contributed by atoms with Crippen LogP contribution in [0.3, 0.4) is 0 Å². The lowest BCUT2D eigenvalue weighted by Crippen LogP contribution is -2.56. The number of nitrogens with one attached hydrogen (secondary N) is 4. The van der Waals surface area contributed by atoms with Crippen LogP contribution in [0.1, 0.15) is 78.5 Å². The maximum Gasteiger partial charge on any atom is 0.254 e. The van der Waals surface area contributed by atoms with Gasteiger partial charge < -0.3 is 58.6 Å². The minimum Gasteiger partial charge on any atom is -0.492 e. The second-order valence-corrected chi connectivity index (χ2v) is 17.5. The third-order valence-electron chi connectivity index (χ3n) is 11.4. The molecular weight excluding hydrogens is 855 g/mol. The number of rotatable bonds is 15. The van der Waals surface area contributed by atoms with Gasteiger partial charge in [0.05, 0.1) is 23.0 Å². The maximum atomic E-state index is 14.8. The molecule has 18 heteroatoms. The molecule has 1 aliphatic heterocycles. The topological polar surface area (TPSA) is 296 Å². The molecule has 0 spiro atoms. The molecule has 4 aromatic rings. The van der Waals surface area contributed by atoms with Gasteiger partial charge in [0.2, 0.25) is 23.6 Å². The number of carbonyl (C=O) groups is 5. The summed E-state index contributed by atoms with van der Waals surface area (Å²) < 4.78 is 12.2. The van der Waals surface area contributed by atoms with Crippen molar-refractivity contribution in [3.63, 3.8) is 0 Å². The van der Waals surface area contributed by atoms with E-state index in [1.54, 1.807) is 56.3 Å². The van der Waals surface area contributed by atoms with Crippen molar-refractivity contribution in [2.24, 2.45) is 17.2 Å². The number of nitriles is 1. The number of nitrogens with zero attached hydrogens (tertiary/aromatic N) is 3. The van der Waals surface area contributed by atoms with Gasteiger partial charge in [-0.15, -0.1) is 0 Å². The Kier molecular flexibility index (Phi) is 17.0. The SMILES string of the molecule is Cc1cc(-c2ccc(C(C)(C)C)cc2N)nc(C)c1C(=O)N[C@@H](CCN)C(=O)N(C)[C@@H]1C(=O)N[C@@H](C)C(=O)N[C@H](C(=O)NCC#N)Cc2ccc(OCCN)c(c2)-c2cc1ccc2OCCN. The van der Waals surface area contributed by atoms with Crippen molar-refractivity contribution in [3.8, 4) is 40.0 Å². The second kappa shape index (κ2) is 22.4. The van der Waals surface area contributed by atoms with Crippen molar-refractivity contribution in [3.05, 3.63) is 94.2 Å². The highest BCUT2D eigenvalue weighted by atomic mass is 16.5. The molecule has 0 fully saturated rings. The first kappa shape index (κ1) is 50.9. The highest BCUT2D eigenvalue weighted by molar-refractivity contribution is 6.01. The number of hydrogen-bond acceptors (Lipinski definition) is 13. The van der Waals surface area contributed by atoms with E-state index in [2.05, 4.69) is 42.0 Å². The van der Waals surface area contributed by atoms with Crippen LogP contribution in [-0.2, 0) is 31.0 Å². The number of fused-ring (bicyclic) bond motifs is 5. The Balaban J connectivity index is 1.58. The van der Waals surface area contributed by atoms with Gasteiger partial charge in [-0.2, -0.15) is 5.26 Å². The van der Waals surface area contributed by atoms with Gasteiger partial charge in [-0.05, 0) is 97.8 Å².